The normalized spacial score (nSPS) is 10.7. The van der Waals surface area contributed by atoms with Gasteiger partial charge in [0.15, 0.2) is 17.3 Å². The van der Waals surface area contributed by atoms with Crippen LogP contribution in [0.15, 0.2) is 34.8 Å². The number of phenolic OH excluding ortho intramolecular Hbond substituents is 1. The van der Waals surface area contributed by atoms with Crippen molar-refractivity contribution in [1.29, 1.82) is 0 Å². The summed E-state index contributed by atoms with van der Waals surface area (Å²) in [6, 6.07) is 8.05. The Labute approximate surface area is 163 Å². The molecule has 2 aromatic carbocycles. The largest absolute Gasteiger partial charge is 0.502 e. The van der Waals surface area contributed by atoms with Crippen molar-refractivity contribution in [3.05, 3.63) is 51.6 Å². The molecule has 2 N–H and O–H groups in total. The summed E-state index contributed by atoms with van der Waals surface area (Å²) in [5, 5.41) is 10.6. The Kier molecular flexibility index (Phi) is 5.09. The zero-order valence-electron chi connectivity index (χ0n) is 14.8. The molecule has 0 amide bonds. The maximum absolute atomic E-state index is 13.3. The molecular formula is C19H16BrNO6. The first kappa shape index (κ1) is 18.8. The van der Waals surface area contributed by atoms with Crippen LogP contribution in [0, 0.1) is 0 Å². The second kappa shape index (κ2) is 7.32. The number of carbonyl (C=O) groups excluding carboxylic acids is 2. The van der Waals surface area contributed by atoms with Crippen molar-refractivity contribution in [2.24, 2.45) is 0 Å². The van der Waals surface area contributed by atoms with Crippen molar-refractivity contribution < 1.29 is 28.9 Å². The molecule has 0 radical (unpaired) electrons. The van der Waals surface area contributed by atoms with Crippen molar-refractivity contribution in [2.75, 3.05) is 21.3 Å². The SMILES string of the molecule is COC(=O)c1[nH]c2ccc(Br)cc2c1C(=O)c1cc(OC)c(O)c(OC)c1. The number of nitrogens with one attached hydrogen (secondary N) is 1. The number of methoxy groups -OCH3 is 3. The van der Waals surface area contributed by atoms with Crippen molar-refractivity contribution in [3.63, 3.8) is 0 Å². The van der Waals surface area contributed by atoms with Gasteiger partial charge in [-0.25, -0.2) is 4.79 Å². The van der Waals surface area contributed by atoms with Gasteiger partial charge in [-0.05, 0) is 30.3 Å². The van der Waals surface area contributed by atoms with E-state index in [1.807, 2.05) is 0 Å². The molecule has 1 heterocycles. The number of aromatic nitrogens is 1. The lowest BCUT2D eigenvalue weighted by Gasteiger charge is -2.11. The molecule has 27 heavy (non-hydrogen) atoms. The summed E-state index contributed by atoms with van der Waals surface area (Å²) in [6.45, 7) is 0. The zero-order valence-corrected chi connectivity index (χ0v) is 16.3. The molecule has 3 rings (SSSR count). The Morgan fingerprint density at radius 2 is 1.67 bits per heavy atom. The number of fused-ring (bicyclic) bond motifs is 1. The first-order valence-corrected chi connectivity index (χ1v) is 8.59. The van der Waals surface area contributed by atoms with Gasteiger partial charge in [-0.15, -0.1) is 0 Å². The van der Waals surface area contributed by atoms with Gasteiger partial charge in [0.2, 0.25) is 5.75 Å². The molecule has 1 aromatic heterocycles. The quantitative estimate of drug-likeness (QED) is 0.470. The van der Waals surface area contributed by atoms with Gasteiger partial charge in [-0.2, -0.15) is 0 Å². The summed E-state index contributed by atoms with van der Waals surface area (Å²) >= 11 is 3.38. The highest BCUT2D eigenvalue weighted by molar-refractivity contribution is 9.10. The van der Waals surface area contributed by atoms with Gasteiger partial charge in [-0.1, -0.05) is 15.9 Å². The van der Waals surface area contributed by atoms with E-state index in [1.165, 1.54) is 33.5 Å². The topological polar surface area (TPSA) is 97.9 Å². The molecular weight excluding hydrogens is 418 g/mol. The van der Waals surface area contributed by atoms with Gasteiger partial charge < -0.3 is 24.3 Å². The molecule has 0 spiro atoms. The minimum absolute atomic E-state index is 0.0432. The summed E-state index contributed by atoms with van der Waals surface area (Å²) in [7, 11) is 3.97. The van der Waals surface area contributed by atoms with E-state index >= 15 is 0 Å². The maximum atomic E-state index is 13.3. The Bertz CT molecular complexity index is 1030. The zero-order chi connectivity index (χ0) is 19.7. The van der Waals surface area contributed by atoms with Crippen LogP contribution in [-0.2, 0) is 4.74 Å². The standard InChI is InChI=1S/C19H16BrNO6/c1-25-13-6-9(7-14(26-2)18(13)23)17(22)15-11-8-10(20)4-5-12(11)21-16(15)19(24)27-3/h4-8,21,23H,1-3H3. The molecule has 0 bridgehead atoms. The minimum atomic E-state index is -0.664. The molecule has 0 unspecified atom stereocenters. The highest BCUT2D eigenvalue weighted by Gasteiger charge is 2.26. The van der Waals surface area contributed by atoms with E-state index in [0.29, 0.717) is 10.9 Å². The molecule has 3 aromatic rings. The number of benzene rings is 2. The molecule has 140 valence electrons. The average molecular weight is 434 g/mol. The fraction of sp³-hybridized carbons (Fsp3) is 0.158. The first-order valence-electron chi connectivity index (χ1n) is 7.80. The summed E-state index contributed by atoms with van der Waals surface area (Å²) in [4.78, 5) is 28.4. The van der Waals surface area contributed by atoms with Crippen molar-refractivity contribution in [3.8, 4) is 17.2 Å². The lowest BCUT2D eigenvalue weighted by Crippen LogP contribution is -2.11. The van der Waals surface area contributed by atoms with E-state index in [9.17, 15) is 14.7 Å². The number of halogens is 1. The van der Waals surface area contributed by atoms with E-state index < -0.39 is 11.8 Å². The van der Waals surface area contributed by atoms with Crippen molar-refractivity contribution in [1.82, 2.24) is 4.98 Å². The second-order valence-electron chi connectivity index (χ2n) is 5.61. The Morgan fingerprint density at radius 1 is 1.04 bits per heavy atom. The highest BCUT2D eigenvalue weighted by atomic mass is 79.9. The molecule has 7 nitrogen and oxygen atoms in total. The fourth-order valence-corrected chi connectivity index (χ4v) is 3.19. The number of phenols is 1. The third-order valence-corrected chi connectivity index (χ3v) is 4.61. The van der Waals surface area contributed by atoms with E-state index in [-0.39, 0.29) is 34.1 Å². The van der Waals surface area contributed by atoms with E-state index in [2.05, 4.69) is 20.9 Å². The van der Waals surface area contributed by atoms with Crippen LogP contribution in [0.5, 0.6) is 17.2 Å². The van der Waals surface area contributed by atoms with Gasteiger partial charge in [0.05, 0.1) is 26.9 Å². The number of carbonyl (C=O) groups is 2. The molecule has 0 atom stereocenters. The van der Waals surface area contributed by atoms with Crippen LogP contribution in [0.1, 0.15) is 26.4 Å². The molecule has 0 aliphatic rings. The van der Waals surface area contributed by atoms with Gasteiger partial charge >= 0.3 is 5.97 Å². The van der Waals surface area contributed by atoms with Crippen LogP contribution >= 0.6 is 15.9 Å². The summed E-state index contributed by atoms with van der Waals surface area (Å²) in [5.74, 6) is -1.16. The summed E-state index contributed by atoms with van der Waals surface area (Å²) < 4.78 is 15.8. The molecule has 0 fully saturated rings. The van der Waals surface area contributed by atoms with Crippen molar-refractivity contribution >= 4 is 38.6 Å². The van der Waals surface area contributed by atoms with Crippen LogP contribution in [0.2, 0.25) is 0 Å². The van der Waals surface area contributed by atoms with E-state index in [4.69, 9.17) is 14.2 Å². The molecule has 0 aliphatic heterocycles. The number of ketones is 1. The number of H-pyrrole nitrogens is 1. The lowest BCUT2D eigenvalue weighted by molar-refractivity contribution is 0.0592. The van der Waals surface area contributed by atoms with Crippen LogP contribution < -0.4 is 9.47 Å². The lowest BCUT2D eigenvalue weighted by atomic mass is 9.99. The Balaban J connectivity index is 2.27. The predicted molar refractivity (Wildman–Crippen MR) is 102 cm³/mol. The highest BCUT2D eigenvalue weighted by Crippen LogP contribution is 2.38. The van der Waals surface area contributed by atoms with Gasteiger partial charge in [-0.3, -0.25) is 4.79 Å². The molecule has 8 heteroatoms. The van der Waals surface area contributed by atoms with Crippen LogP contribution in [0.3, 0.4) is 0 Å². The predicted octanol–water partition coefficient (Wildman–Crippen LogP) is 3.67. The third kappa shape index (κ3) is 3.23. The molecule has 0 saturated carbocycles. The smallest absolute Gasteiger partial charge is 0.355 e. The van der Waals surface area contributed by atoms with Gasteiger partial charge in [0.25, 0.3) is 0 Å². The molecule has 0 saturated heterocycles. The summed E-state index contributed by atoms with van der Waals surface area (Å²) in [6.07, 6.45) is 0. The number of ether oxygens (including phenoxy) is 3. The first-order chi connectivity index (χ1) is 12.9. The fourth-order valence-electron chi connectivity index (χ4n) is 2.82. The number of aromatic hydroxyl groups is 1. The number of hydrogen-bond donors (Lipinski definition) is 2. The van der Waals surface area contributed by atoms with E-state index in [0.717, 1.165) is 4.47 Å². The Hall–Kier alpha value is -3.00. The number of hydrogen-bond acceptors (Lipinski definition) is 6. The van der Waals surface area contributed by atoms with Gasteiger partial charge in [0, 0.05) is 20.9 Å². The Morgan fingerprint density at radius 3 is 2.22 bits per heavy atom. The van der Waals surface area contributed by atoms with Crippen LogP contribution in [-0.4, -0.2) is 43.2 Å². The minimum Gasteiger partial charge on any atom is -0.502 e. The number of esters is 1. The van der Waals surface area contributed by atoms with Gasteiger partial charge in [0.1, 0.15) is 5.69 Å². The number of rotatable bonds is 5. The van der Waals surface area contributed by atoms with Crippen LogP contribution in [0.4, 0.5) is 0 Å². The second-order valence-corrected chi connectivity index (χ2v) is 6.53. The molecule has 0 aliphatic carbocycles. The van der Waals surface area contributed by atoms with Crippen molar-refractivity contribution in [2.45, 2.75) is 0 Å². The number of aromatic amines is 1. The van der Waals surface area contributed by atoms with Crippen LogP contribution in [0.25, 0.3) is 10.9 Å². The third-order valence-electron chi connectivity index (χ3n) is 4.12. The summed E-state index contributed by atoms with van der Waals surface area (Å²) in [5.41, 5.74) is 1.00. The average Bonchev–Trinajstić information content (AvgIpc) is 3.05. The van der Waals surface area contributed by atoms with E-state index in [1.54, 1.807) is 18.2 Å². The maximum Gasteiger partial charge on any atom is 0.355 e. The monoisotopic (exact) mass is 433 g/mol.